The Balaban J connectivity index is 0.00000625. The second-order valence-corrected chi connectivity index (χ2v) is 8.27. The molecule has 0 bridgehead atoms. The van der Waals surface area contributed by atoms with Crippen LogP contribution in [0.1, 0.15) is 33.3 Å². The normalized spacial score (nSPS) is 12.7. The fourth-order valence-electron chi connectivity index (χ4n) is 2.07. The molecule has 1 rings (SSSR count). The molecule has 0 fully saturated rings. The van der Waals surface area contributed by atoms with E-state index in [1.54, 1.807) is 0 Å². The number of guanidine groups is 1. The van der Waals surface area contributed by atoms with Gasteiger partial charge in [0.25, 0.3) is 0 Å². The predicted molar refractivity (Wildman–Crippen MR) is 120 cm³/mol. The largest absolute Gasteiger partial charge is 0.357 e. The zero-order chi connectivity index (χ0) is 18.7. The number of carbonyl (C=O) groups is 1. The van der Waals surface area contributed by atoms with Crippen LogP contribution in [0.15, 0.2) is 35.3 Å². The molecule has 0 aliphatic heterocycles. The summed E-state index contributed by atoms with van der Waals surface area (Å²) in [6.45, 7) is 9.03. The van der Waals surface area contributed by atoms with E-state index in [0.717, 1.165) is 5.56 Å². The molecule has 1 unspecified atom stereocenters. The summed E-state index contributed by atoms with van der Waals surface area (Å²) in [6.07, 6.45) is 0. The molecule has 1 aromatic carbocycles. The third kappa shape index (κ3) is 12.2. The van der Waals surface area contributed by atoms with E-state index in [1.807, 2.05) is 58.0 Å². The number of hydrogen-bond acceptors (Lipinski definition) is 3. The molecule has 8 heteroatoms. The van der Waals surface area contributed by atoms with Gasteiger partial charge in [0.1, 0.15) is 6.54 Å². The Labute approximate surface area is 176 Å². The molecule has 0 heterocycles. The topological polar surface area (TPSA) is 82.6 Å². The minimum atomic E-state index is -0.942. The van der Waals surface area contributed by atoms with E-state index in [4.69, 9.17) is 0 Å². The Morgan fingerprint density at radius 2 is 1.81 bits per heavy atom. The second-order valence-electron chi connectivity index (χ2n) is 6.69. The minimum absolute atomic E-state index is 0. The molecule has 0 saturated heterocycles. The maximum absolute atomic E-state index is 12.1. The maximum atomic E-state index is 12.1. The van der Waals surface area contributed by atoms with Crippen molar-refractivity contribution in [1.82, 2.24) is 16.0 Å². The highest BCUT2D eigenvalue weighted by Gasteiger charge is 2.13. The van der Waals surface area contributed by atoms with E-state index in [0.29, 0.717) is 30.6 Å². The lowest BCUT2D eigenvalue weighted by Crippen LogP contribution is -2.43. The molecule has 0 spiro atoms. The highest BCUT2D eigenvalue weighted by Crippen LogP contribution is 2.02. The van der Waals surface area contributed by atoms with Crippen molar-refractivity contribution in [2.45, 2.75) is 39.0 Å². The van der Waals surface area contributed by atoms with Crippen molar-refractivity contribution < 1.29 is 9.00 Å². The van der Waals surface area contributed by atoms with Gasteiger partial charge in [0.2, 0.25) is 5.91 Å². The number of nitrogens with one attached hydrogen (secondary N) is 3. The summed E-state index contributed by atoms with van der Waals surface area (Å²) >= 11 is 0. The van der Waals surface area contributed by atoms with E-state index < -0.39 is 10.8 Å². The fourth-order valence-corrected chi connectivity index (χ4v) is 3.10. The number of benzene rings is 1. The molecule has 26 heavy (non-hydrogen) atoms. The van der Waals surface area contributed by atoms with Gasteiger partial charge < -0.3 is 16.0 Å². The number of halogens is 1. The SMILES string of the molecule is CCNC(=NCC(=O)NC(C)(C)C)NCCS(=O)Cc1ccccc1.I. The molecular weight excluding hydrogens is 463 g/mol. The van der Waals surface area contributed by atoms with Gasteiger partial charge in [-0.3, -0.25) is 9.00 Å². The van der Waals surface area contributed by atoms with Crippen LogP contribution >= 0.6 is 24.0 Å². The fraction of sp³-hybridized carbons (Fsp3) is 0.556. The number of amides is 1. The molecule has 0 radical (unpaired) electrons. The first-order chi connectivity index (χ1) is 11.8. The smallest absolute Gasteiger partial charge is 0.242 e. The van der Waals surface area contributed by atoms with Gasteiger partial charge in [0, 0.05) is 40.9 Å². The van der Waals surface area contributed by atoms with Crippen molar-refractivity contribution >= 4 is 46.6 Å². The molecule has 6 nitrogen and oxygen atoms in total. The van der Waals surface area contributed by atoms with Gasteiger partial charge in [-0.2, -0.15) is 0 Å². The average molecular weight is 494 g/mol. The highest BCUT2D eigenvalue weighted by atomic mass is 127. The monoisotopic (exact) mass is 494 g/mol. The van der Waals surface area contributed by atoms with E-state index in [2.05, 4.69) is 20.9 Å². The Hall–Kier alpha value is -1.16. The number of hydrogen-bond donors (Lipinski definition) is 3. The highest BCUT2D eigenvalue weighted by molar-refractivity contribution is 14.0. The Morgan fingerprint density at radius 3 is 2.38 bits per heavy atom. The lowest BCUT2D eigenvalue weighted by molar-refractivity contribution is -0.121. The zero-order valence-electron chi connectivity index (χ0n) is 16.0. The van der Waals surface area contributed by atoms with Crippen molar-refractivity contribution in [3.05, 3.63) is 35.9 Å². The van der Waals surface area contributed by atoms with Crippen LogP contribution in [-0.2, 0) is 21.3 Å². The molecule has 0 aromatic heterocycles. The summed E-state index contributed by atoms with van der Waals surface area (Å²) in [5, 5.41) is 9.07. The molecule has 0 aliphatic carbocycles. The summed E-state index contributed by atoms with van der Waals surface area (Å²) in [5.41, 5.74) is 0.799. The lowest BCUT2D eigenvalue weighted by Gasteiger charge is -2.20. The van der Waals surface area contributed by atoms with Crippen LogP contribution in [0.4, 0.5) is 0 Å². The van der Waals surface area contributed by atoms with Crippen LogP contribution in [0.2, 0.25) is 0 Å². The quantitative estimate of drug-likeness (QED) is 0.294. The molecule has 148 valence electrons. The van der Waals surface area contributed by atoms with E-state index in [1.165, 1.54) is 0 Å². The third-order valence-electron chi connectivity index (χ3n) is 3.03. The van der Waals surface area contributed by atoms with Crippen molar-refractivity contribution in [2.24, 2.45) is 4.99 Å². The van der Waals surface area contributed by atoms with E-state index in [-0.39, 0.29) is 42.0 Å². The Kier molecular flexibility index (Phi) is 12.5. The number of rotatable bonds is 8. The summed E-state index contributed by atoms with van der Waals surface area (Å²) in [7, 11) is -0.942. The summed E-state index contributed by atoms with van der Waals surface area (Å²) in [5.74, 6) is 1.50. The molecule has 0 saturated carbocycles. The van der Waals surface area contributed by atoms with Crippen LogP contribution in [0.25, 0.3) is 0 Å². The zero-order valence-corrected chi connectivity index (χ0v) is 19.1. The molecule has 0 aliphatic rings. The van der Waals surface area contributed by atoms with Crippen molar-refractivity contribution in [3.63, 3.8) is 0 Å². The molecule has 1 atom stereocenters. The second kappa shape index (κ2) is 13.1. The average Bonchev–Trinajstić information content (AvgIpc) is 2.52. The number of carbonyl (C=O) groups excluding carboxylic acids is 1. The van der Waals surface area contributed by atoms with Crippen molar-refractivity contribution in [3.8, 4) is 0 Å². The van der Waals surface area contributed by atoms with Crippen LogP contribution in [0, 0.1) is 0 Å². The Morgan fingerprint density at radius 1 is 1.15 bits per heavy atom. The molecular formula is C18H31IN4O2S. The first kappa shape index (κ1) is 24.8. The first-order valence-electron chi connectivity index (χ1n) is 8.52. The molecule has 1 amide bonds. The predicted octanol–water partition coefficient (Wildman–Crippen LogP) is 2.02. The van der Waals surface area contributed by atoms with Crippen LogP contribution in [0.3, 0.4) is 0 Å². The van der Waals surface area contributed by atoms with Gasteiger partial charge in [-0.05, 0) is 33.3 Å². The molecule has 1 aromatic rings. The van der Waals surface area contributed by atoms with Gasteiger partial charge in [0.15, 0.2) is 5.96 Å². The van der Waals surface area contributed by atoms with Crippen molar-refractivity contribution in [1.29, 1.82) is 0 Å². The van der Waals surface area contributed by atoms with Gasteiger partial charge in [-0.1, -0.05) is 30.3 Å². The summed E-state index contributed by atoms with van der Waals surface area (Å²) in [6, 6.07) is 9.80. The van der Waals surface area contributed by atoms with Crippen LogP contribution in [-0.4, -0.2) is 47.0 Å². The lowest BCUT2D eigenvalue weighted by atomic mass is 10.1. The van der Waals surface area contributed by atoms with Gasteiger partial charge in [0.05, 0.1) is 0 Å². The standard InChI is InChI=1S/C18H30N4O2S.HI/c1-5-19-17(21-13-16(23)22-18(2,3)4)20-11-12-25(24)14-15-9-7-6-8-10-15;/h6-10H,5,11-14H2,1-4H3,(H,22,23)(H2,19,20,21);1H. The van der Waals surface area contributed by atoms with E-state index >= 15 is 0 Å². The Bertz CT molecular complexity index is 589. The van der Waals surface area contributed by atoms with Crippen LogP contribution in [0.5, 0.6) is 0 Å². The van der Waals surface area contributed by atoms with Crippen molar-refractivity contribution in [2.75, 3.05) is 25.4 Å². The summed E-state index contributed by atoms with van der Waals surface area (Å²) < 4.78 is 12.1. The van der Waals surface area contributed by atoms with E-state index in [9.17, 15) is 9.00 Å². The maximum Gasteiger partial charge on any atom is 0.242 e. The first-order valence-corrected chi connectivity index (χ1v) is 10.0. The number of nitrogens with zero attached hydrogens (tertiary/aromatic N) is 1. The summed E-state index contributed by atoms with van der Waals surface area (Å²) in [4.78, 5) is 16.1. The van der Waals surface area contributed by atoms with Gasteiger partial charge in [-0.25, -0.2) is 4.99 Å². The van der Waals surface area contributed by atoms with Gasteiger partial charge >= 0.3 is 0 Å². The number of aliphatic imine (C=N–C) groups is 1. The van der Waals surface area contributed by atoms with Crippen LogP contribution < -0.4 is 16.0 Å². The van der Waals surface area contributed by atoms with Gasteiger partial charge in [-0.15, -0.1) is 24.0 Å². The third-order valence-corrected chi connectivity index (χ3v) is 4.35. The molecule has 3 N–H and O–H groups in total. The minimum Gasteiger partial charge on any atom is -0.357 e.